The van der Waals surface area contributed by atoms with Gasteiger partial charge in [-0.3, -0.25) is 0 Å². The Balaban J connectivity index is 2.65. The van der Waals surface area contributed by atoms with Crippen molar-refractivity contribution in [2.24, 2.45) is 0 Å². The molecule has 0 aromatic rings. The van der Waals surface area contributed by atoms with E-state index in [4.69, 9.17) is 17.3 Å². The average Bonchev–Trinajstić information content (AvgIpc) is 2.72. The van der Waals surface area contributed by atoms with Gasteiger partial charge in [-0.2, -0.15) is 0 Å². The molecular weight excluding hydrogens is 650 g/mol. The van der Waals surface area contributed by atoms with Gasteiger partial charge in [0.2, 0.25) is 0 Å². The van der Waals surface area contributed by atoms with Crippen molar-refractivity contribution in [1.29, 1.82) is 0 Å². The van der Waals surface area contributed by atoms with Gasteiger partial charge in [-0.25, -0.2) is 0 Å². The molecule has 19 heteroatoms. The number of ether oxygens (including phenoxy) is 2. The van der Waals surface area contributed by atoms with Crippen molar-refractivity contribution in [3.8, 4) is 0 Å². The molecule has 13 nitrogen and oxygen atoms in total. The minimum absolute atomic E-state index is 0.0926. The summed E-state index contributed by atoms with van der Waals surface area (Å²) in [6.45, 7) is -0.697. The second-order valence-corrected chi connectivity index (χ2v) is 15.5. The van der Waals surface area contributed by atoms with Crippen LogP contribution in [0.15, 0.2) is 0 Å². The van der Waals surface area contributed by atoms with Crippen LogP contribution in [0.3, 0.4) is 0 Å². The van der Waals surface area contributed by atoms with Gasteiger partial charge < -0.3 is 0 Å². The van der Waals surface area contributed by atoms with Crippen molar-refractivity contribution in [2.75, 3.05) is 13.7 Å². The predicted molar refractivity (Wildman–Crippen MR) is 87.9 cm³/mol. The molecule has 1 saturated heterocycles. The van der Waals surface area contributed by atoms with Gasteiger partial charge >= 0.3 is 174 Å². The number of phosphoric acid groups is 2. The fourth-order valence-corrected chi connectivity index (χ4v) is 9.42. The van der Waals surface area contributed by atoms with Crippen molar-refractivity contribution >= 4 is 55.3 Å². The molecule has 1 rings (SSSR count). The molecule has 0 bridgehead atoms. The zero-order valence-electron chi connectivity index (χ0n) is 12.7. The van der Waals surface area contributed by atoms with E-state index < -0.39 is 70.7 Å². The Bertz CT molecular complexity index is 647. The fourth-order valence-electron chi connectivity index (χ4n) is 1.70. The SMILES string of the molecule is [B]C1CC(OC(=O)I)C(COP(=O)(O)OP(=O)(O)OP(=O)(O)[I-]OC)O1. The van der Waals surface area contributed by atoms with Gasteiger partial charge in [0.1, 0.15) is 0 Å². The molecule has 2 radical (unpaired) electrons. The van der Waals surface area contributed by atoms with Crippen molar-refractivity contribution < 1.29 is 79.9 Å². The van der Waals surface area contributed by atoms with Gasteiger partial charge in [-0.05, 0) is 0 Å². The molecule has 1 fully saturated rings. The molecule has 1 aliphatic rings. The Morgan fingerprint density at radius 3 is 2.42 bits per heavy atom. The summed E-state index contributed by atoms with van der Waals surface area (Å²) in [5.41, 5.74) is 0. The van der Waals surface area contributed by atoms with E-state index in [1.807, 2.05) is 0 Å². The molecule has 6 atom stereocenters. The summed E-state index contributed by atoms with van der Waals surface area (Å²) in [7, 11) is -4.06. The molecule has 0 saturated carbocycles. The molecule has 0 aromatic carbocycles. The first-order valence-corrected chi connectivity index (χ1v) is 15.6. The molecule has 0 amide bonds. The van der Waals surface area contributed by atoms with Gasteiger partial charge in [0.05, 0.1) is 0 Å². The van der Waals surface area contributed by atoms with E-state index in [1.165, 1.54) is 22.6 Å². The summed E-state index contributed by atoms with van der Waals surface area (Å²) in [5, 5.41) is -4.61. The quantitative estimate of drug-likeness (QED) is 0.103. The minimum atomic E-state index is -5.43. The van der Waals surface area contributed by atoms with E-state index >= 15 is 0 Å². The molecule has 1 heterocycles. The Morgan fingerprint density at radius 1 is 1.27 bits per heavy atom. The summed E-state index contributed by atoms with van der Waals surface area (Å²) in [6.07, 6.45) is -1.83. The standard InChI is InChI=1S/C7H13BI2O13P3/c1-18-10-24(12,13)22-26(16,17)23-25(14,15)19-3-5-4(21-7(9)11)2-6(8)20-5/h4-6H,2-3H2,1H3,(H,12,13)(H,14,15)(H,16,17)/q-1. The third kappa shape index (κ3) is 9.72. The average molecular weight is 663 g/mol. The van der Waals surface area contributed by atoms with E-state index in [0.29, 0.717) is 0 Å². The Morgan fingerprint density at radius 2 is 1.88 bits per heavy atom. The zero-order chi connectivity index (χ0) is 20.2. The molecule has 0 aromatic heterocycles. The molecular formula is C7H13BI2O13P3-. The van der Waals surface area contributed by atoms with Gasteiger partial charge in [-0.1, -0.05) is 0 Å². The number of halogens is 2. The summed E-state index contributed by atoms with van der Waals surface area (Å²) in [4.78, 5) is 39.0. The topological polar surface area (TPSA) is 184 Å². The maximum atomic E-state index is 11.7. The van der Waals surface area contributed by atoms with Gasteiger partial charge in [-0.15, -0.1) is 0 Å². The number of carbonyl (C=O) groups is 1. The Labute approximate surface area is 172 Å². The zero-order valence-corrected chi connectivity index (χ0v) is 19.7. The summed E-state index contributed by atoms with van der Waals surface area (Å²) in [5.74, 6) is 0. The summed E-state index contributed by atoms with van der Waals surface area (Å²) < 4.78 is 60.9. The Hall–Kier alpha value is 1.36. The van der Waals surface area contributed by atoms with E-state index in [2.05, 4.69) is 16.2 Å². The van der Waals surface area contributed by atoms with Crippen LogP contribution >= 0.6 is 43.5 Å². The number of carbonyl (C=O) groups excluding carboxylic acids is 1. The van der Waals surface area contributed by atoms with Crippen LogP contribution in [-0.2, 0) is 39.4 Å². The van der Waals surface area contributed by atoms with Crippen molar-refractivity contribution in [1.82, 2.24) is 0 Å². The number of phosphoric ester groups is 1. The van der Waals surface area contributed by atoms with Crippen LogP contribution in [0.25, 0.3) is 0 Å². The second-order valence-electron chi connectivity index (χ2n) is 4.41. The molecule has 6 unspecified atom stereocenters. The van der Waals surface area contributed by atoms with Gasteiger partial charge in [0.15, 0.2) is 0 Å². The normalized spacial score (nSPS) is 30.3. The first kappa shape index (κ1) is 25.4. The second kappa shape index (κ2) is 10.4. The van der Waals surface area contributed by atoms with Crippen LogP contribution in [0, 0.1) is 0 Å². The van der Waals surface area contributed by atoms with Crippen molar-refractivity contribution in [3.05, 3.63) is 0 Å². The van der Waals surface area contributed by atoms with Crippen LogP contribution in [0.5, 0.6) is 0 Å². The maximum absolute atomic E-state index is 11.7. The van der Waals surface area contributed by atoms with Crippen LogP contribution in [-0.4, -0.2) is 58.4 Å². The first-order chi connectivity index (χ1) is 11.8. The monoisotopic (exact) mass is 663 g/mol. The van der Waals surface area contributed by atoms with Crippen molar-refractivity contribution in [2.45, 2.75) is 24.6 Å². The van der Waals surface area contributed by atoms with E-state index in [-0.39, 0.29) is 6.42 Å². The fraction of sp³-hybridized carbons (Fsp3) is 0.857. The number of hydrogen-bond donors (Lipinski definition) is 3. The molecule has 152 valence electrons. The third-order valence-electron chi connectivity index (χ3n) is 2.44. The van der Waals surface area contributed by atoms with Crippen LogP contribution in [0.2, 0.25) is 0 Å². The first-order valence-electron chi connectivity index (χ1n) is 6.28. The van der Waals surface area contributed by atoms with Gasteiger partial charge in [0, 0.05) is 0 Å². The Kier molecular flexibility index (Phi) is 10.2. The molecule has 0 spiro atoms. The van der Waals surface area contributed by atoms with Crippen molar-refractivity contribution in [3.63, 3.8) is 0 Å². The number of hydrogen-bond acceptors (Lipinski definition) is 10. The molecule has 26 heavy (non-hydrogen) atoms. The van der Waals surface area contributed by atoms with Crippen LogP contribution in [0.4, 0.5) is 4.79 Å². The van der Waals surface area contributed by atoms with E-state index in [9.17, 15) is 33.2 Å². The summed E-state index contributed by atoms with van der Waals surface area (Å²) >= 11 is -0.623. The van der Waals surface area contributed by atoms with E-state index in [1.54, 1.807) is 0 Å². The van der Waals surface area contributed by atoms with Crippen LogP contribution < -0.4 is 21.1 Å². The summed E-state index contributed by atoms with van der Waals surface area (Å²) in [6, 6.07) is -0.825. The molecule has 1 aliphatic heterocycles. The van der Waals surface area contributed by atoms with Crippen LogP contribution in [0.1, 0.15) is 6.42 Å². The molecule has 3 N–H and O–H groups in total. The molecule has 0 aliphatic carbocycles. The van der Waals surface area contributed by atoms with E-state index in [0.717, 1.165) is 7.11 Å². The number of rotatable bonds is 10. The van der Waals surface area contributed by atoms with Gasteiger partial charge in [0.25, 0.3) is 0 Å². The third-order valence-corrected chi connectivity index (χ3v) is 11.0. The predicted octanol–water partition coefficient (Wildman–Crippen LogP) is -1.79.